The molecular formula is C13H15NO5. The topological polar surface area (TPSA) is 78.7 Å². The van der Waals surface area contributed by atoms with Crippen molar-refractivity contribution in [3.05, 3.63) is 34.4 Å². The Morgan fingerprint density at radius 1 is 1.32 bits per heavy atom. The zero-order chi connectivity index (χ0) is 13.8. The summed E-state index contributed by atoms with van der Waals surface area (Å²) < 4.78 is 10.4. The molecular weight excluding hydrogens is 250 g/mol. The lowest BCUT2D eigenvalue weighted by Crippen LogP contribution is -2.16. The summed E-state index contributed by atoms with van der Waals surface area (Å²) in [6, 6.07) is 5.96. The zero-order valence-electron chi connectivity index (χ0n) is 10.6. The summed E-state index contributed by atoms with van der Waals surface area (Å²) in [6.07, 6.45) is 2.13. The molecule has 0 heterocycles. The van der Waals surface area contributed by atoms with E-state index < -0.39 is 4.92 Å². The number of rotatable bonds is 4. The number of methoxy groups -OCH3 is 1. The van der Waals surface area contributed by atoms with Crippen molar-refractivity contribution in [3.63, 3.8) is 0 Å². The standard InChI is InChI=1S/C13H15NO5/c1-18-13(15)9-2-5-12(8-9)19-11-6-3-10(4-7-11)14(16)17/h3-4,6-7,9,12H,2,5,8H2,1H3. The Hall–Kier alpha value is -2.11. The van der Waals surface area contributed by atoms with Crippen molar-refractivity contribution in [1.29, 1.82) is 0 Å². The number of benzene rings is 1. The molecule has 2 unspecified atom stereocenters. The van der Waals surface area contributed by atoms with Crippen LogP contribution >= 0.6 is 0 Å². The minimum Gasteiger partial charge on any atom is -0.490 e. The molecule has 0 aliphatic heterocycles. The minimum absolute atomic E-state index is 0.0335. The molecule has 1 aliphatic carbocycles. The lowest BCUT2D eigenvalue weighted by Gasteiger charge is -2.13. The average Bonchev–Trinajstić information content (AvgIpc) is 2.87. The van der Waals surface area contributed by atoms with Gasteiger partial charge < -0.3 is 9.47 Å². The van der Waals surface area contributed by atoms with Gasteiger partial charge in [-0.3, -0.25) is 14.9 Å². The molecule has 0 bridgehead atoms. The molecule has 0 aromatic heterocycles. The second-order valence-electron chi connectivity index (χ2n) is 4.52. The number of hydrogen-bond donors (Lipinski definition) is 0. The first-order valence-electron chi connectivity index (χ1n) is 6.09. The lowest BCUT2D eigenvalue weighted by atomic mass is 10.1. The third-order valence-electron chi connectivity index (χ3n) is 3.27. The van der Waals surface area contributed by atoms with Gasteiger partial charge in [0.2, 0.25) is 0 Å². The fourth-order valence-corrected chi connectivity index (χ4v) is 2.27. The number of non-ortho nitro benzene ring substituents is 1. The summed E-state index contributed by atoms with van der Waals surface area (Å²) in [5.74, 6) is 0.281. The van der Waals surface area contributed by atoms with Gasteiger partial charge in [-0.25, -0.2) is 0 Å². The van der Waals surface area contributed by atoms with Crippen LogP contribution < -0.4 is 4.74 Å². The second kappa shape index (κ2) is 5.69. The van der Waals surface area contributed by atoms with Gasteiger partial charge in [-0.1, -0.05) is 0 Å². The molecule has 1 aromatic rings. The molecule has 6 heteroatoms. The van der Waals surface area contributed by atoms with E-state index in [1.165, 1.54) is 19.2 Å². The highest BCUT2D eigenvalue weighted by atomic mass is 16.6. The summed E-state index contributed by atoms with van der Waals surface area (Å²) in [5.41, 5.74) is 0.0335. The number of carbonyl (C=O) groups excluding carboxylic acids is 1. The molecule has 2 rings (SSSR count). The van der Waals surface area contributed by atoms with Crippen molar-refractivity contribution in [2.45, 2.75) is 25.4 Å². The summed E-state index contributed by atoms with van der Waals surface area (Å²) in [6.45, 7) is 0. The van der Waals surface area contributed by atoms with Gasteiger partial charge in [0, 0.05) is 12.1 Å². The van der Waals surface area contributed by atoms with Crippen molar-refractivity contribution in [2.24, 2.45) is 5.92 Å². The summed E-state index contributed by atoms with van der Waals surface area (Å²) in [5, 5.41) is 10.5. The van der Waals surface area contributed by atoms with E-state index >= 15 is 0 Å². The number of nitro groups is 1. The van der Waals surface area contributed by atoms with E-state index in [2.05, 4.69) is 0 Å². The lowest BCUT2D eigenvalue weighted by molar-refractivity contribution is -0.384. The largest absolute Gasteiger partial charge is 0.490 e. The fourth-order valence-electron chi connectivity index (χ4n) is 2.27. The number of carbonyl (C=O) groups is 1. The van der Waals surface area contributed by atoms with Gasteiger partial charge in [-0.2, -0.15) is 0 Å². The molecule has 0 spiro atoms. The molecule has 0 saturated heterocycles. The highest BCUT2D eigenvalue weighted by molar-refractivity contribution is 5.72. The Morgan fingerprint density at radius 3 is 2.58 bits per heavy atom. The predicted octanol–water partition coefficient (Wildman–Crippen LogP) is 2.32. The van der Waals surface area contributed by atoms with Crippen LogP contribution in [0.15, 0.2) is 24.3 Å². The molecule has 2 atom stereocenters. The Bertz CT molecular complexity index is 470. The average molecular weight is 265 g/mol. The maximum Gasteiger partial charge on any atom is 0.308 e. The second-order valence-corrected chi connectivity index (χ2v) is 4.52. The van der Waals surface area contributed by atoms with Crippen LogP contribution in [0.5, 0.6) is 5.75 Å². The molecule has 6 nitrogen and oxygen atoms in total. The molecule has 19 heavy (non-hydrogen) atoms. The van der Waals surface area contributed by atoms with Crippen LogP contribution in [0.2, 0.25) is 0 Å². The molecule has 0 N–H and O–H groups in total. The minimum atomic E-state index is -0.452. The van der Waals surface area contributed by atoms with E-state index in [0.29, 0.717) is 12.2 Å². The smallest absolute Gasteiger partial charge is 0.308 e. The fraction of sp³-hybridized carbons (Fsp3) is 0.462. The third kappa shape index (κ3) is 3.21. The highest BCUT2D eigenvalue weighted by Gasteiger charge is 2.31. The number of ether oxygens (including phenoxy) is 2. The molecule has 1 fully saturated rings. The number of nitrogens with zero attached hydrogens (tertiary/aromatic N) is 1. The molecule has 0 amide bonds. The summed E-state index contributed by atoms with van der Waals surface area (Å²) in [7, 11) is 1.38. The molecule has 0 radical (unpaired) electrons. The van der Waals surface area contributed by atoms with Gasteiger partial charge in [0.25, 0.3) is 5.69 Å². The van der Waals surface area contributed by atoms with Crippen LogP contribution in [0.1, 0.15) is 19.3 Å². The van der Waals surface area contributed by atoms with Crippen molar-refractivity contribution in [1.82, 2.24) is 0 Å². The first-order chi connectivity index (χ1) is 9.10. The monoisotopic (exact) mass is 265 g/mol. The van der Waals surface area contributed by atoms with E-state index in [4.69, 9.17) is 9.47 Å². The number of nitro benzene ring substituents is 1. The van der Waals surface area contributed by atoms with E-state index in [0.717, 1.165) is 12.8 Å². The Kier molecular flexibility index (Phi) is 3.99. The van der Waals surface area contributed by atoms with Crippen LogP contribution in [0.25, 0.3) is 0 Å². The van der Waals surface area contributed by atoms with Gasteiger partial charge in [0.1, 0.15) is 5.75 Å². The van der Waals surface area contributed by atoms with Crippen LogP contribution in [-0.4, -0.2) is 24.1 Å². The Labute approximate surface area is 110 Å². The molecule has 1 aliphatic rings. The zero-order valence-corrected chi connectivity index (χ0v) is 10.6. The predicted molar refractivity (Wildman–Crippen MR) is 66.9 cm³/mol. The Balaban J connectivity index is 1.92. The van der Waals surface area contributed by atoms with Gasteiger partial charge in [0.05, 0.1) is 24.1 Å². The van der Waals surface area contributed by atoms with Crippen LogP contribution in [0.3, 0.4) is 0 Å². The van der Waals surface area contributed by atoms with E-state index in [9.17, 15) is 14.9 Å². The highest BCUT2D eigenvalue weighted by Crippen LogP contribution is 2.30. The van der Waals surface area contributed by atoms with Gasteiger partial charge in [-0.15, -0.1) is 0 Å². The van der Waals surface area contributed by atoms with E-state index in [1.807, 2.05) is 0 Å². The van der Waals surface area contributed by atoms with Crippen molar-refractivity contribution in [3.8, 4) is 5.75 Å². The van der Waals surface area contributed by atoms with Gasteiger partial charge >= 0.3 is 5.97 Å². The van der Waals surface area contributed by atoms with Crippen LogP contribution in [-0.2, 0) is 9.53 Å². The van der Waals surface area contributed by atoms with Crippen molar-refractivity contribution >= 4 is 11.7 Å². The number of hydrogen-bond acceptors (Lipinski definition) is 5. The Morgan fingerprint density at radius 2 is 2.00 bits per heavy atom. The quantitative estimate of drug-likeness (QED) is 0.474. The van der Waals surface area contributed by atoms with Gasteiger partial charge in [0.15, 0.2) is 0 Å². The van der Waals surface area contributed by atoms with Gasteiger partial charge in [-0.05, 0) is 31.4 Å². The molecule has 1 saturated carbocycles. The number of esters is 1. The normalized spacial score (nSPS) is 21.9. The van der Waals surface area contributed by atoms with Crippen molar-refractivity contribution < 1.29 is 19.2 Å². The third-order valence-corrected chi connectivity index (χ3v) is 3.27. The molecule has 1 aromatic carbocycles. The maximum absolute atomic E-state index is 11.4. The maximum atomic E-state index is 11.4. The van der Waals surface area contributed by atoms with Crippen LogP contribution in [0.4, 0.5) is 5.69 Å². The van der Waals surface area contributed by atoms with Crippen LogP contribution in [0, 0.1) is 16.0 Å². The summed E-state index contributed by atoms with van der Waals surface area (Å²) >= 11 is 0. The molecule has 102 valence electrons. The van der Waals surface area contributed by atoms with E-state index in [1.54, 1.807) is 12.1 Å². The SMILES string of the molecule is COC(=O)C1CCC(Oc2ccc([N+](=O)[O-])cc2)C1. The first-order valence-corrected chi connectivity index (χ1v) is 6.09. The van der Waals surface area contributed by atoms with Crippen molar-refractivity contribution in [2.75, 3.05) is 7.11 Å². The van der Waals surface area contributed by atoms with E-state index in [-0.39, 0.29) is 23.7 Å². The first kappa shape index (κ1) is 13.3. The summed E-state index contributed by atoms with van der Waals surface area (Å²) in [4.78, 5) is 21.4.